The molecule has 23 heavy (non-hydrogen) atoms. The fourth-order valence-electron chi connectivity index (χ4n) is 2.93. The van der Waals surface area contributed by atoms with Crippen molar-refractivity contribution in [2.24, 2.45) is 11.7 Å². The van der Waals surface area contributed by atoms with E-state index in [-0.39, 0.29) is 30.3 Å². The van der Waals surface area contributed by atoms with Crippen molar-refractivity contribution in [2.45, 2.75) is 63.5 Å². The van der Waals surface area contributed by atoms with Gasteiger partial charge in [-0.15, -0.1) is 12.4 Å². The molecule has 130 valence electrons. The molecule has 2 unspecified atom stereocenters. The number of benzene rings is 1. The molecule has 1 aliphatic rings. The summed E-state index contributed by atoms with van der Waals surface area (Å²) >= 11 is 1.93. The number of amides is 1. The first kappa shape index (κ1) is 20.3. The Balaban J connectivity index is 0.00000264. The van der Waals surface area contributed by atoms with Gasteiger partial charge in [-0.1, -0.05) is 32.4 Å². The molecule has 0 radical (unpaired) electrons. The fourth-order valence-corrected chi connectivity index (χ4v) is 3.76. The van der Waals surface area contributed by atoms with Crippen LogP contribution in [0.5, 0.6) is 0 Å². The minimum Gasteiger partial charge on any atom is -0.328 e. The van der Waals surface area contributed by atoms with Gasteiger partial charge in [-0.3, -0.25) is 4.79 Å². The van der Waals surface area contributed by atoms with Crippen molar-refractivity contribution in [2.75, 3.05) is 5.32 Å². The number of nitrogens with two attached hydrogens (primary N) is 1. The largest absolute Gasteiger partial charge is 0.328 e. The van der Waals surface area contributed by atoms with Crippen LogP contribution in [-0.2, 0) is 10.5 Å². The summed E-state index contributed by atoms with van der Waals surface area (Å²) in [6.45, 7) is 6.51. The Morgan fingerprint density at radius 1 is 1.39 bits per heavy atom. The second-order valence-corrected chi connectivity index (χ2v) is 8.13. The van der Waals surface area contributed by atoms with Crippen LogP contribution in [0.2, 0.25) is 0 Å². The monoisotopic (exact) mass is 356 g/mol. The second-order valence-electron chi connectivity index (χ2n) is 6.56. The van der Waals surface area contributed by atoms with Gasteiger partial charge in [0.05, 0.1) is 0 Å². The van der Waals surface area contributed by atoms with Crippen molar-refractivity contribution in [1.29, 1.82) is 0 Å². The molecular weight excluding hydrogens is 328 g/mol. The van der Waals surface area contributed by atoms with Gasteiger partial charge in [0.15, 0.2) is 0 Å². The molecule has 3 nitrogen and oxygen atoms in total. The van der Waals surface area contributed by atoms with Crippen LogP contribution in [0.1, 0.15) is 50.7 Å². The van der Waals surface area contributed by atoms with Crippen molar-refractivity contribution in [3.8, 4) is 0 Å². The molecule has 1 aliphatic carbocycles. The third-order valence-electron chi connectivity index (χ3n) is 4.36. The number of rotatable bonds is 5. The van der Waals surface area contributed by atoms with Gasteiger partial charge in [-0.05, 0) is 48.6 Å². The van der Waals surface area contributed by atoms with E-state index < -0.39 is 0 Å². The van der Waals surface area contributed by atoms with Gasteiger partial charge in [-0.2, -0.15) is 11.8 Å². The van der Waals surface area contributed by atoms with Crippen LogP contribution >= 0.6 is 24.2 Å². The third-order valence-corrected chi connectivity index (χ3v) is 5.51. The van der Waals surface area contributed by atoms with E-state index in [1.54, 1.807) is 0 Å². The molecule has 1 fully saturated rings. The Hall–Kier alpha value is -0.710. The highest BCUT2D eigenvalue weighted by Crippen LogP contribution is 2.28. The van der Waals surface area contributed by atoms with Crippen molar-refractivity contribution in [3.05, 3.63) is 29.3 Å². The van der Waals surface area contributed by atoms with Gasteiger partial charge in [0.25, 0.3) is 0 Å². The minimum absolute atomic E-state index is 0. The lowest BCUT2D eigenvalue weighted by Crippen LogP contribution is -2.34. The first-order valence-electron chi connectivity index (χ1n) is 8.24. The van der Waals surface area contributed by atoms with Gasteiger partial charge in [0, 0.05) is 23.4 Å². The minimum atomic E-state index is 0. The quantitative estimate of drug-likeness (QED) is 0.815. The van der Waals surface area contributed by atoms with Crippen LogP contribution in [0, 0.1) is 12.8 Å². The molecule has 0 saturated heterocycles. The number of nitrogens with one attached hydrogen (secondary N) is 1. The molecule has 1 aromatic rings. The molecule has 2 rings (SSSR count). The molecule has 1 saturated carbocycles. The first-order chi connectivity index (χ1) is 10.5. The summed E-state index contributed by atoms with van der Waals surface area (Å²) in [5.74, 6) is 1.19. The van der Waals surface area contributed by atoms with Crippen LogP contribution in [-0.4, -0.2) is 17.2 Å². The highest BCUT2D eigenvalue weighted by atomic mass is 35.5. The molecule has 5 heteroatoms. The van der Waals surface area contributed by atoms with Crippen molar-refractivity contribution in [3.63, 3.8) is 0 Å². The Bertz CT molecular complexity index is 522. The van der Waals surface area contributed by atoms with E-state index in [1.807, 2.05) is 23.9 Å². The molecule has 0 heterocycles. The maximum atomic E-state index is 12.5. The summed E-state index contributed by atoms with van der Waals surface area (Å²) in [5.41, 5.74) is 9.43. The predicted octanol–water partition coefficient (Wildman–Crippen LogP) is 4.51. The lowest BCUT2D eigenvalue weighted by molar-refractivity contribution is -0.120. The molecule has 3 N–H and O–H groups in total. The first-order valence-corrected chi connectivity index (χ1v) is 9.28. The zero-order chi connectivity index (χ0) is 16.1. The van der Waals surface area contributed by atoms with E-state index in [9.17, 15) is 4.79 Å². The lowest BCUT2D eigenvalue weighted by atomic mass is 9.85. The molecule has 1 amide bonds. The second kappa shape index (κ2) is 9.55. The van der Waals surface area contributed by atoms with E-state index in [1.165, 1.54) is 11.1 Å². The van der Waals surface area contributed by atoms with Crippen molar-refractivity contribution >= 4 is 35.8 Å². The highest BCUT2D eigenvalue weighted by molar-refractivity contribution is 7.99. The van der Waals surface area contributed by atoms with Crippen LogP contribution in [0.15, 0.2) is 18.2 Å². The van der Waals surface area contributed by atoms with E-state index in [4.69, 9.17) is 5.73 Å². The summed E-state index contributed by atoms with van der Waals surface area (Å²) in [5, 5.41) is 3.74. The number of carbonyl (C=O) groups is 1. The predicted molar refractivity (Wildman–Crippen MR) is 103 cm³/mol. The SMILES string of the molecule is Cc1c(CSC(C)C)cccc1NC(=O)C1CCCC(N)C1.Cl. The number of hydrogen-bond donors (Lipinski definition) is 2. The van der Waals surface area contributed by atoms with Crippen LogP contribution in [0.3, 0.4) is 0 Å². The Kier molecular flexibility index (Phi) is 8.45. The smallest absolute Gasteiger partial charge is 0.227 e. The lowest BCUT2D eigenvalue weighted by Gasteiger charge is -2.26. The van der Waals surface area contributed by atoms with Gasteiger partial charge in [0.2, 0.25) is 5.91 Å². The molecule has 0 bridgehead atoms. The number of thioether (sulfide) groups is 1. The zero-order valence-electron chi connectivity index (χ0n) is 14.3. The van der Waals surface area contributed by atoms with Gasteiger partial charge >= 0.3 is 0 Å². The average Bonchev–Trinajstić information content (AvgIpc) is 2.48. The molecule has 2 atom stereocenters. The number of anilines is 1. The molecule has 0 aromatic heterocycles. The Morgan fingerprint density at radius 3 is 2.78 bits per heavy atom. The topological polar surface area (TPSA) is 55.1 Å². The summed E-state index contributed by atoms with van der Waals surface area (Å²) < 4.78 is 0. The van der Waals surface area contributed by atoms with E-state index >= 15 is 0 Å². The number of carbonyl (C=O) groups excluding carboxylic acids is 1. The normalized spacial score (nSPS) is 20.9. The summed E-state index contributed by atoms with van der Waals surface area (Å²) in [4.78, 5) is 12.5. The zero-order valence-corrected chi connectivity index (χ0v) is 15.9. The van der Waals surface area contributed by atoms with Crippen LogP contribution in [0.25, 0.3) is 0 Å². The van der Waals surface area contributed by atoms with E-state index in [0.717, 1.165) is 37.1 Å². The summed E-state index contributed by atoms with van der Waals surface area (Å²) in [6, 6.07) is 6.36. The molecule has 0 aliphatic heterocycles. The Morgan fingerprint density at radius 2 is 2.13 bits per heavy atom. The van der Waals surface area contributed by atoms with Crippen molar-refractivity contribution in [1.82, 2.24) is 0 Å². The van der Waals surface area contributed by atoms with Gasteiger partial charge in [-0.25, -0.2) is 0 Å². The maximum Gasteiger partial charge on any atom is 0.227 e. The van der Waals surface area contributed by atoms with Crippen LogP contribution in [0.4, 0.5) is 5.69 Å². The molecule has 0 spiro atoms. The maximum absolute atomic E-state index is 12.5. The summed E-state index contributed by atoms with van der Waals surface area (Å²) in [7, 11) is 0. The van der Waals surface area contributed by atoms with Crippen molar-refractivity contribution < 1.29 is 4.79 Å². The van der Waals surface area contributed by atoms with Crippen LogP contribution < -0.4 is 11.1 Å². The van der Waals surface area contributed by atoms with Gasteiger partial charge < -0.3 is 11.1 Å². The van der Waals surface area contributed by atoms with Gasteiger partial charge in [0.1, 0.15) is 0 Å². The number of halogens is 1. The summed E-state index contributed by atoms with van der Waals surface area (Å²) in [6.07, 6.45) is 3.88. The number of hydrogen-bond acceptors (Lipinski definition) is 3. The third kappa shape index (κ3) is 6.02. The standard InChI is InChI=1S/C18H28N2OS.ClH/c1-12(2)22-11-15-7-5-9-17(13(15)3)20-18(21)14-6-4-8-16(19)10-14;/h5,7,9,12,14,16H,4,6,8,10-11,19H2,1-3H3,(H,20,21);1H. The fraction of sp³-hybridized carbons (Fsp3) is 0.611. The Labute approximate surface area is 150 Å². The highest BCUT2D eigenvalue weighted by Gasteiger charge is 2.25. The molecule has 1 aromatic carbocycles. The van der Waals surface area contributed by atoms with E-state index in [2.05, 4.69) is 32.2 Å². The average molecular weight is 357 g/mol. The van der Waals surface area contributed by atoms with E-state index in [0.29, 0.717) is 5.25 Å². The molecular formula is C18H29ClN2OS.